The fraction of sp³-hybridized carbons (Fsp3) is 0.238. The number of hydrogen-bond acceptors (Lipinski definition) is 4. The van der Waals surface area contributed by atoms with E-state index in [9.17, 15) is 4.79 Å². The van der Waals surface area contributed by atoms with Crippen LogP contribution in [-0.4, -0.2) is 28.8 Å². The summed E-state index contributed by atoms with van der Waals surface area (Å²) >= 11 is 0. The number of aromatic nitrogens is 2. The van der Waals surface area contributed by atoms with Gasteiger partial charge in [-0.3, -0.25) is 9.48 Å². The van der Waals surface area contributed by atoms with Crippen molar-refractivity contribution in [3.05, 3.63) is 65.9 Å². The minimum Gasteiger partial charge on any atom is -0.486 e. The van der Waals surface area contributed by atoms with Crippen molar-refractivity contribution in [1.82, 2.24) is 9.78 Å². The molecule has 26 heavy (non-hydrogen) atoms. The number of fused-ring (bicyclic) bond motifs is 1. The number of ketones is 1. The molecule has 0 N–H and O–H groups in total. The second-order valence-electron chi connectivity index (χ2n) is 6.39. The first-order valence-corrected chi connectivity index (χ1v) is 8.69. The molecule has 3 aromatic rings. The van der Waals surface area contributed by atoms with Gasteiger partial charge in [-0.2, -0.15) is 5.10 Å². The Labute approximate surface area is 152 Å². The number of hydrogen-bond donors (Lipinski definition) is 0. The van der Waals surface area contributed by atoms with Crippen molar-refractivity contribution in [2.24, 2.45) is 0 Å². The predicted octanol–water partition coefficient (Wildman–Crippen LogP) is 3.44. The van der Waals surface area contributed by atoms with Crippen LogP contribution >= 0.6 is 0 Å². The summed E-state index contributed by atoms with van der Waals surface area (Å²) in [6.45, 7) is 3.35. The van der Waals surface area contributed by atoms with E-state index >= 15 is 0 Å². The monoisotopic (exact) mass is 348 g/mol. The first-order valence-electron chi connectivity index (χ1n) is 8.69. The van der Waals surface area contributed by atoms with Gasteiger partial charge in [0.1, 0.15) is 19.8 Å². The van der Waals surface area contributed by atoms with E-state index in [4.69, 9.17) is 9.47 Å². The quantitative estimate of drug-likeness (QED) is 0.709. The third kappa shape index (κ3) is 3.33. The Kier molecular flexibility index (Phi) is 4.44. The highest BCUT2D eigenvalue weighted by atomic mass is 16.6. The van der Waals surface area contributed by atoms with Crippen LogP contribution < -0.4 is 9.47 Å². The van der Waals surface area contributed by atoms with Crippen molar-refractivity contribution in [3.63, 3.8) is 0 Å². The van der Waals surface area contributed by atoms with Crippen LogP contribution in [0.2, 0.25) is 0 Å². The summed E-state index contributed by atoms with van der Waals surface area (Å²) in [5.74, 6) is 1.55. The van der Waals surface area contributed by atoms with E-state index in [1.165, 1.54) is 0 Å². The van der Waals surface area contributed by atoms with E-state index in [-0.39, 0.29) is 12.3 Å². The fourth-order valence-electron chi connectivity index (χ4n) is 3.22. The molecule has 0 spiro atoms. The highest BCUT2D eigenvalue weighted by Gasteiger charge is 2.16. The van der Waals surface area contributed by atoms with Crippen LogP contribution in [0.25, 0.3) is 11.3 Å². The van der Waals surface area contributed by atoms with Crippen molar-refractivity contribution < 1.29 is 14.3 Å². The van der Waals surface area contributed by atoms with Crippen LogP contribution in [0.5, 0.6) is 11.5 Å². The zero-order valence-electron chi connectivity index (χ0n) is 14.6. The maximum atomic E-state index is 12.6. The molecule has 0 saturated carbocycles. The molecule has 2 heterocycles. The Morgan fingerprint density at radius 1 is 1.08 bits per heavy atom. The molecule has 0 amide bonds. The first-order chi connectivity index (χ1) is 12.7. The summed E-state index contributed by atoms with van der Waals surface area (Å²) in [6, 6.07) is 15.7. The number of rotatable bonds is 5. The highest BCUT2D eigenvalue weighted by molar-refractivity contribution is 5.81. The van der Waals surface area contributed by atoms with Gasteiger partial charge in [0.25, 0.3) is 0 Å². The molecule has 0 bridgehead atoms. The largest absolute Gasteiger partial charge is 0.486 e. The molecule has 132 valence electrons. The second kappa shape index (κ2) is 7.04. The molecule has 4 rings (SSSR count). The van der Waals surface area contributed by atoms with Gasteiger partial charge in [-0.05, 0) is 30.2 Å². The lowest BCUT2D eigenvalue weighted by molar-refractivity contribution is -0.119. The molecule has 0 unspecified atom stereocenters. The van der Waals surface area contributed by atoms with Crippen LogP contribution in [0.4, 0.5) is 0 Å². The number of aryl methyl sites for hydroxylation is 1. The molecule has 0 atom stereocenters. The van der Waals surface area contributed by atoms with E-state index in [2.05, 4.69) is 5.10 Å². The fourth-order valence-corrected chi connectivity index (χ4v) is 3.22. The zero-order chi connectivity index (χ0) is 17.9. The Morgan fingerprint density at radius 3 is 2.65 bits per heavy atom. The van der Waals surface area contributed by atoms with E-state index in [0.29, 0.717) is 25.4 Å². The lowest BCUT2D eigenvalue weighted by Crippen LogP contribution is -2.17. The van der Waals surface area contributed by atoms with Crippen molar-refractivity contribution in [2.45, 2.75) is 19.9 Å². The maximum Gasteiger partial charge on any atom is 0.161 e. The van der Waals surface area contributed by atoms with Crippen molar-refractivity contribution in [3.8, 4) is 22.8 Å². The maximum absolute atomic E-state index is 12.6. The minimum absolute atomic E-state index is 0.0990. The SMILES string of the molecule is Cc1cnn(CC(=O)Cc2ccc3c(c2)OCCO3)c1-c1ccccc1. The van der Waals surface area contributed by atoms with Gasteiger partial charge >= 0.3 is 0 Å². The molecular formula is C21H20N2O3. The second-order valence-corrected chi connectivity index (χ2v) is 6.39. The van der Waals surface area contributed by atoms with Gasteiger partial charge in [-0.1, -0.05) is 36.4 Å². The Bertz CT molecular complexity index is 932. The van der Waals surface area contributed by atoms with Gasteiger partial charge in [0, 0.05) is 12.0 Å². The lowest BCUT2D eigenvalue weighted by atomic mass is 10.1. The Hall–Kier alpha value is -3.08. The van der Waals surface area contributed by atoms with Crippen LogP contribution in [-0.2, 0) is 17.8 Å². The van der Waals surface area contributed by atoms with E-state index in [0.717, 1.165) is 28.1 Å². The zero-order valence-corrected chi connectivity index (χ0v) is 14.6. The van der Waals surface area contributed by atoms with Crippen LogP contribution in [0.1, 0.15) is 11.1 Å². The third-order valence-electron chi connectivity index (χ3n) is 4.40. The van der Waals surface area contributed by atoms with Gasteiger partial charge < -0.3 is 9.47 Å². The summed E-state index contributed by atoms with van der Waals surface area (Å²) in [7, 11) is 0. The Morgan fingerprint density at radius 2 is 1.85 bits per heavy atom. The highest BCUT2D eigenvalue weighted by Crippen LogP contribution is 2.31. The molecule has 0 aliphatic carbocycles. The van der Waals surface area contributed by atoms with E-state index in [1.54, 1.807) is 10.9 Å². The molecule has 0 saturated heterocycles. The summed E-state index contributed by atoms with van der Waals surface area (Å²) in [5, 5.41) is 4.40. The number of nitrogens with zero attached hydrogens (tertiary/aromatic N) is 2. The molecule has 1 aliphatic rings. The topological polar surface area (TPSA) is 53.4 Å². The van der Waals surface area contributed by atoms with E-state index in [1.807, 2.05) is 55.5 Å². The van der Waals surface area contributed by atoms with E-state index < -0.39 is 0 Å². The molecule has 1 aromatic heterocycles. The summed E-state index contributed by atoms with van der Waals surface area (Å²) < 4.78 is 12.9. The number of carbonyl (C=O) groups excluding carboxylic acids is 1. The van der Waals surface area contributed by atoms with Crippen LogP contribution in [0.15, 0.2) is 54.7 Å². The van der Waals surface area contributed by atoms with Crippen LogP contribution in [0, 0.1) is 6.92 Å². The third-order valence-corrected chi connectivity index (χ3v) is 4.40. The number of benzene rings is 2. The van der Waals surface area contributed by atoms with Crippen molar-refractivity contribution in [1.29, 1.82) is 0 Å². The van der Waals surface area contributed by atoms with Gasteiger partial charge in [0.05, 0.1) is 11.9 Å². The molecule has 5 heteroatoms. The first kappa shape index (κ1) is 16.4. The molecule has 1 aliphatic heterocycles. The number of ether oxygens (including phenoxy) is 2. The molecule has 0 radical (unpaired) electrons. The molecule has 5 nitrogen and oxygen atoms in total. The molecule has 2 aromatic carbocycles. The lowest BCUT2D eigenvalue weighted by Gasteiger charge is -2.18. The average Bonchev–Trinajstić information content (AvgIpc) is 3.02. The van der Waals surface area contributed by atoms with Gasteiger partial charge in [-0.15, -0.1) is 0 Å². The smallest absolute Gasteiger partial charge is 0.161 e. The van der Waals surface area contributed by atoms with Crippen molar-refractivity contribution in [2.75, 3.05) is 13.2 Å². The van der Waals surface area contributed by atoms with Gasteiger partial charge in [0.2, 0.25) is 0 Å². The minimum atomic E-state index is 0.0990. The summed E-state index contributed by atoms with van der Waals surface area (Å²) in [6.07, 6.45) is 2.14. The standard InChI is InChI=1S/C21H20N2O3/c1-15-13-22-23(21(15)17-5-3-2-4-6-17)14-18(24)11-16-7-8-19-20(12-16)26-10-9-25-19/h2-8,12-13H,9-11,14H2,1H3. The summed E-state index contributed by atoms with van der Waals surface area (Å²) in [4.78, 5) is 12.6. The summed E-state index contributed by atoms with van der Waals surface area (Å²) in [5.41, 5.74) is 4.03. The van der Waals surface area contributed by atoms with Gasteiger partial charge in [-0.25, -0.2) is 0 Å². The van der Waals surface area contributed by atoms with Crippen LogP contribution in [0.3, 0.4) is 0 Å². The number of carbonyl (C=O) groups is 1. The molecule has 0 fully saturated rings. The van der Waals surface area contributed by atoms with Gasteiger partial charge in [0.15, 0.2) is 17.3 Å². The molecular weight excluding hydrogens is 328 g/mol. The number of Topliss-reactive ketones (excluding diaryl/α,β-unsaturated/α-hetero) is 1. The van der Waals surface area contributed by atoms with Crippen molar-refractivity contribution >= 4 is 5.78 Å². The average molecular weight is 348 g/mol. The Balaban J connectivity index is 1.51. The normalized spacial score (nSPS) is 12.8. The predicted molar refractivity (Wildman–Crippen MR) is 98.5 cm³/mol.